The number of ether oxygens (including phenoxy) is 1. The Labute approximate surface area is 154 Å². The zero-order valence-corrected chi connectivity index (χ0v) is 14.0. The van der Waals surface area contributed by atoms with Gasteiger partial charge in [-0.1, -0.05) is 23.7 Å². The number of nitro benzene ring substituents is 1. The fourth-order valence-corrected chi connectivity index (χ4v) is 2.20. The Balaban J connectivity index is 2.08. The first-order chi connectivity index (χ1) is 12.6. The third kappa shape index (κ3) is 5.17. The van der Waals surface area contributed by atoms with Crippen LogP contribution in [0.5, 0.6) is 0 Å². The minimum absolute atomic E-state index is 0.00692. The second kappa shape index (κ2) is 8.04. The van der Waals surface area contributed by atoms with Crippen LogP contribution in [-0.2, 0) is 15.7 Å². The van der Waals surface area contributed by atoms with E-state index in [9.17, 15) is 32.9 Å². The van der Waals surface area contributed by atoms with Crippen LogP contribution in [0.3, 0.4) is 0 Å². The summed E-state index contributed by atoms with van der Waals surface area (Å²) in [5.74, 6) is -1.88. The highest BCUT2D eigenvalue weighted by atomic mass is 35.5. The lowest BCUT2D eigenvalue weighted by molar-refractivity contribution is -0.384. The van der Waals surface area contributed by atoms with Crippen molar-refractivity contribution in [1.82, 2.24) is 0 Å². The molecule has 0 fully saturated rings. The predicted octanol–water partition coefficient (Wildman–Crippen LogP) is 4.06. The van der Waals surface area contributed by atoms with Crippen molar-refractivity contribution in [2.75, 3.05) is 11.9 Å². The Morgan fingerprint density at radius 2 is 1.85 bits per heavy atom. The summed E-state index contributed by atoms with van der Waals surface area (Å²) < 4.78 is 42.7. The molecule has 0 saturated heterocycles. The van der Waals surface area contributed by atoms with Crippen molar-refractivity contribution >= 4 is 34.9 Å². The molecule has 7 nitrogen and oxygen atoms in total. The Morgan fingerprint density at radius 3 is 2.44 bits per heavy atom. The highest BCUT2D eigenvalue weighted by Crippen LogP contribution is 2.34. The number of nitrogens with zero attached hydrogens (tertiary/aromatic N) is 1. The summed E-state index contributed by atoms with van der Waals surface area (Å²) in [5, 5.41) is 13.1. The molecule has 2 aromatic carbocycles. The number of rotatable bonds is 5. The molecule has 1 amide bonds. The molecule has 0 saturated carbocycles. The van der Waals surface area contributed by atoms with E-state index in [2.05, 4.69) is 0 Å². The van der Waals surface area contributed by atoms with E-state index < -0.39 is 46.5 Å². The Kier molecular flexibility index (Phi) is 6.01. The normalized spacial score (nSPS) is 11.0. The van der Waals surface area contributed by atoms with Gasteiger partial charge in [0.1, 0.15) is 5.69 Å². The summed E-state index contributed by atoms with van der Waals surface area (Å²) in [6, 6.07) is 7.52. The predicted molar refractivity (Wildman–Crippen MR) is 88.5 cm³/mol. The maximum Gasteiger partial charge on any atom is 0.416 e. The molecular formula is C16H10ClF3N2O5. The van der Waals surface area contributed by atoms with Crippen molar-refractivity contribution < 1.29 is 32.4 Å². The first-order valence-corrected chi connectivity index (χ1v) is 7.54. The molecule has 11 heteroatoms. The maximum atomic E-state index is 12.7. The summed E-state index contributed by atoms with van der Waals surface area (Å²) in [5.41, 5.74) is -2.65. The van der Waals surface area contributed by atoms with Gasteiger partial charge in [-0.3, -0.25) is 14.9 Å². The van der Waals surface area contributed by atoms with Crippen molar-refractivity contribution in [3.8, 4) is 0 Å². The minimum Gasteiger partial charge on any atom is -0.452 e. The second-order valence-corrected chi connectivity index (χ2v) is 5.50. The molecule has 0 unspecified atom stereocenters. The van der Waals surface area contributed by atoms with Crippen LogP contribution in [-0.4, -0.2) is 23.4 Å². The highest BCUT2D eigenvalue weighted by Gasteiger charge is 2.33. The van der Waals surface area contributed by atoms with Gasteiger partial charge in [0.2, 0.25) is 0 Å². The summed E-state index contributed by atoms with van der Waals surface area (Å²) in [4.78, 5) is 33.5. The summed E-state index contributed by atoms with van der Waals surface area (Å²) >= 11 is 5.80. The number of carbonyl (C=O) groups is 2. The molecule has 0 bridgehead atoms. The molecule has 0 aromatic heterocycles. The number of nitrogens with one attached hydrogen (secondary N) is 1. The van der Waals surface area contributed by atoms with E-state index in [0.29, 0.717) is 12.1 Å². The number of anilines is 1. The molecule has 0 spiro atoms. The van der Waals surface area contributed by atoms with Gasteiger partial charge in [0, 0.05) is 6.07 Å². The number of benzene rings is 2. The van der Waals surface area contributed by atoms with Crippen molar-refractivity contribution in [1.29, 1.82) is 0 Å². The fourth-order valence-electron chi connectivity index (χ4n) is 1.99. The summed E-state index contributed by atoms with van der Waals surface area (Å²) in [7, 11) is 0. The molecule has 0 aliphatic rings. The lowest BCUT2D eigenvalue weighted by Crippen LogP contribution is -2.21. The molecule has 2 rings (SSSR count). The monoisotopic (exact) mass is 402 g/mol. The van der Waals surface area contributed by atoms with Gasteiger partial charge >= 0.3 is 12.1 Å². The van der Waals surface area contributed by atoms with E-state index in [-0.39, 0.29) is 10.6 Å². The molecule has 2 aromatic rings. The quantitative estimate of drug-likeness (QED) is 0.462. The van der Waals surface area contributed by atoms with Crippen LogP contribution in [0, 0.1) is 10.1 Å². The zero-order chi connectivity index (χ0) is 20.2. The number of hydrogen-bond donors (Lipinski definition) is 1. The third-order valence-electron chi connectivity index (χ3n) is 3.22. The van der Waals surface area contributed by atoms with Gasteiger partial charge in [-0.15, -0.1) is 0 Å². The van der Waals surface area contributed by atoms with Crippen LogP contribution in [0.2, 0.25) is 5.02 Å². The minimum atomic E-state index is -4.78. The number of nitro groups is 1. The molecule has 0 aliphatic heterocycles. The van der Waals surface area contributed by atoms with E-state index in [4.69, 9.17) is 16.3 Å². The fraction of sp³-hybridized carbons (Fsp3) is 0.125. The molecule has 0 aliphatic carbocycles. The molecular weight excluding hydrogens is 393 g/mol. The van der Waals surface area contributed by atoms with Crippen LogP contribution in [0.1, 0.15) is 15.9 Å². The number of hydrogen-bond acceptors (Lipinski definition) is 5. The van der Waals surface area contributed by atoms with Crippen molar-refractivity contribution in [3.63, 3.8) is 0 Å². The lowest BCUT2D eigenvalue weighted by atomic mass is 10.1. The standard InChI is InChI=1S/C16H10ClF3N2O5/c17-11-4-2-1-3-10(11)15(24)27-8-14(23)21-12-6-5-9(16(18,19)20)7-13(12)22(25)26/h1-7H,8H2,(H,21,23). The van der Waals surface area contributed by atoms with Gasteiger partial charge in [-0.05, 0) is 24.3 Å². The van der Waals surface area contributed by atoms with E-state index in [1.54, 1.807) is 6.07 Å². The van der Waals surface area contributed by atoms with Crippen LogP contribution >= 0.6 is 11.6 Å². The van der Waals surface area contributed by atoms with E-state index in [1.807, 2.05) is 5.32 Å². The van der Waals surface area contributed by atoms with Gasteiger partial charge in [0.05, 0.1) is 21.1 Å². The number of esters is 1. The first-order valence-electron chi connectivity index (χ1n) is 7.16. The zero-order valence-electron chi connectivity index (χ0n) is 13.2. The van der Waals surface area contributed by atoms with Gasteiger partial charge < -0.3 is 10.1 Å². The van der Waals surface area contributed by atoms with Crippen molar-refractivity contribution in [2.24, 2.45) is 0 Å². The number of halogens is 4. The average Bonchev–Trinajstić information content (AvgIpc) is 2.59. The molecule has 1 N–H and O–H groups in total. The number of amides is 1. The van der Waals surface area contributed by atoms with Gasteiger partial charge in [0.15, 0.2) is 6.61 Å². The summed E-state index contributed by atoms with van der Waals surface area (Å²) in [6.07, 6.45) is -4.78. The van der Waals surface area contributed by atoms with Gasteiger partial charge in [-0.25, -0.2) is 4.79 Å². The van der Waals surface area contributed by atoms with Crippen LogP contribution < -0.4 is 5.32 Å². The third-order valence-corrected chi connectivity index (χ3v) is 3.55. The second-order valence-electron chi connectivity index (χ2n) is 5.09. The molecule has 142 valence electrons. The topological polar surface area (TPSA) is 98.5 Å². The molecule has 27 heavy (non-hydrogen) atoms. The average molecular weight is 403 g/mol. The SMILES string of the molecule is O=C(COC(=O)c1ccccc1Cl)Nc1ccc(C(F)(F)F)cc1[N+](=O)[O-]. The molecule has 0 heterocycles. The molecule has 0 radical (unpaired) electrons. The van der Waals surface area contributed by atoms with Crippen molar-refractivity contribution in [3.05, 3.63) is 68.7 Å². The van der Waals surface area contributed by atoms with Crippen molar-refractivity contribution in [2.45, 2.75) is 6.18 Å². The largest absolute Gasteiger partial charge is 0.452 e. The first kappa shape index (κ1) is 20.2. The Morgan fingerprint density at radius 1 is 1.19 bits per heavy atom. The molecule has 0 atom stereocenters. The Bertz CT molecular complexity index is 902. The number of alkyl halides is 3. The van der Waals surface area contributed by atoms with Crippen LogP contribution in [0.4, 0.5) is 24.5 Å². The van der Waals surface area contributed by atoms with Crippen LogP contribution in [0.15, 0.2) is 42.5 Å². The van der Waals surface area contributed by atoms with Gasteiger partial charge in [-0.2, -0.15) is 13.2 Å². The van der Waals surface area contributed by atoms with Crippen LogP contribution in [0.25, 0.3) is 0 Å². The number of carbonyl (C=O) groups excluding carboxylic acids is 2. The van der Waals surface area contributed by atoms with E-state index in [1.165, 1.54) is 18.2 Å². The Hall–Kier alpha value is -3.14. The van der Waals surface area contributed by atoms with Gasteiger partial charge in [0.25, 0.3) is 11.6 Å². The van der Waals surface area contributed by atoms with E-state index in [0.717, 1.165) is 6.07 Å². The maximum absolute atomic E-state index is 12.7. The van der Waals surface area contributed by atoms with E-state index >= 15 is 0 Å². The summed E-state index contributed by atoms with van der Waals surface area (Å²) in [6.45, 7) is -0.817. The lowest BCUT2D eigenvalue weighted by Gasteiger charge is -2.10. The highest BCUT2D eigenvalue weighted by molar-refractivity contribution is 6.33. The smallest absolute Gasteiger partial charge is 0.416 e.